The molecule has 0 unspecified atom stereocenters. The van der Waals surface area contributed by atoms with Gasteiger partial charge in [0, 0.05) is 24.2 Å². The van der Waals surface area contributed by atoms with Gasteiger partial charge in [0.2, 0.25) is 5.91 Å². The zero-order valence-corrected chi connectivity index (χ0v) is 12.8. The van der Waals surface area contributed by atoms with Crippen molar-refractivity contribution in [3.63, 3.8) is 0 Å². The number of anilines is 1. The van der Waals surface area contributed by atoms with Crippen LogP contribution >= 0.6 is 0 Å². The predicted molar refractivity (Wildman–Crippen MR) is 78.9 cm³/mol. The Balaban J connectivity index is 1.93. The molecular weight excluding hydrogens is 250 g/mol. The molecule has 1 aromatic rings. The summed E-state index contributed by atoms with van der Waals surface area (Å²) in [5.74, 6) is 0.379. The fourth-order valence-corrected chi connectivity index (χ4v) is 3.64. The van der Waals surface area contributed by atoms with Gasteiger partial charge in [0.25, 0.3) is 0 Å². The quantitative estimate of drug-likeness (QED) is 0.775. The third kappa shape index (κ3) is 1.52. The molecule has 106 valence electrons. The first-order valence-corrected chi connectivity index (χ1v) is 7.11. The molecule has 3 heteroatoms. The Labute approximate surface area is 120 Å². The highest BCUT2D eigenvalue weighted by molar-refractivity contribution is 6.05. The topological polar surface area (TPSA) is 37.4 Å². The number of amides is 1. The van der Waals surface area contributed by atoms with E-state index < -0.39 is 0 Å². The maximum Gasteiger partial charge on any atom is 0.231 e. The number of likely N-dealkylation sites (N-methyl/N-ethyl adjacent to an activating group) is 1. The molecule has 1 heterocycles. The van der Waals surface area contributed by atoms with Gasteiger partial charge in [0.1, 0.15) is 0 Å². The largest absolute Gasteiger partial charge is 0.315 e. The fraction of sp³-hybridized carbons (Fsp3) is 0.529. The van der Waals surface area contributed by atoms with Crippen molar-refractivity contribution >= 4 is 17.4 Å². The molecule has 3 nitrogen and oxygen atoms in total. The molecule has 1 saturated carbocycles. The number of carbonyl (C=O) groups excluding carboxylic acids is 2. The minimum Gasteiger partial charge on any atom is -0.315 e. The summed E-state index contributed by atoms with van der Waals surface area (Å²) in [7, 11) is 1.78. The summed E-state index contributed by atoms with van der Waals surface area (Å²) in [6.45, 7) is 8.61. The molecule has 20 heavy (non-hydrogen) atoms. The summed E-state index contributed by atoms with van der Waals surface area (Å²) < 4.78 is 0. The lowest BCUT2D eigenvalue weighted by Crippen LogP contribution is -2.20. The highest BCUT2D eigenvalue weighted by Crippen LogP contribution is 2.69. The SMILES string of the molecule is CN1C(=O)Cc2cc(C(=O)C3C(C)(C)C3(C)C)ccc21. The lowest BCUT2D eigenvalue weighted by molar-refractivity contribution is -0.117. The third-order valence-corrected chi connectivity index (χ3v) is 5.72. The lowest BCUT2D eigenvalue weighted by Gasteiger charge is -2.10. The van der Waals surface area contributed by atoms with Crippen molar-refractivity contribution in [3.8, 4) is 0 Å². The molecule has 0 aromatic heterocycles. The summed E-state index contributed by atoms with van der Waals surface area (Å²) in [6, 6.07) is 5.67. The zero-order chi connectivity index (χ0) is 14.9. The molecular formula is C17H21NO2. The first kappa shape index (κ1) is 13.3. The maximum atomic E-state index is 12.7. The van der Waals surface area contributed by atoms with Crippen molar-refractivity contribution in [3.05, 3.63) is 29.3 Å². The number of benzene rings is 1. The molecule has 2 aliphatic rings. The van der Waals surface area contributed by atoms with Gasteiger partial charge in [-0.3, -0.25) is 9.59 Å². The minimum absolute atomic E-state index is 0.0513. The Hall–Kier alpha value is -1.64. The van der Waals surface area contributed by atoms with Crippen molar-refractivity contribution in [2.75, 3.05) is 11.9 Å². The Morgan fingerprint density at radius 2 is 1.80 bits per heavy atom. The van der Waals surface area contributed by atoms with E-state index in [1.165, 1.54) is 0 Å². The van der Waals surface area contributed by atoms with E-state index in [2.05, 4.69) is 27.7 Å². The van der Waals surface area contributed by atoms with Gasteiger partial charge in [-0.05, 0) is 34.6 Å². The van der Waals surface area contributed by atoms with Crippen LogP contribution in [0.2, 0.25) is 0 Å². The van der Waals surface area contributed by atoms with Crippen LogP contribution in [0, 0.1) is 16.7 Å². The Kier molecular flexibility index (Phi) is 2.48. The molecule has 3 rings (SSSR count). The van der Waals surface area contributed by atoms with Crippen LogP contribution in [0.1, 0.15) is 43.6 Å². The second kappa shape index (κ2) is 3.72. The van der Waals surface area contributed by atoms with Crippen LogP contribution in [0.25, 0.3) is 0 Å². The summed E-state index contributed by atoms with van der Waals surface area (Å²) in [5.41, 5.74) is 2.75. The molecule has 1 aliphatic carbocycles. The lowest BCUT2D eigenvalue weighted by atomic mass is 9.98. The van der Waals surface area contributed by atoms with E-state index in [4.69, 9.17) is 0 Å². The number of fused-ring (bicyclic) bond motifs is 1. The number of nitrogens with zero attached hydrogens (tertiary/aromatic N) is 1. The average Bonchev–Trinajstić information content (AvgIpc) is 2.61. The van der Waals surface area contributed by atoms with Gasteiger partial charge in [0.05, 0.1) is 6.42 Å². The Bertz CT molecular complexity index is 614. The number of hydrogen-bond donors (Lipinski definition) is 0. The van der Waals surface area contributed by atoms with Crippen LogP contribution in [0.5, 0.6) is 0 Å². The second-order valence-electron chi connectivity index (χ2n) is 7.21. The number of Topliss-reactive ketones (excluding diaryl/α,β-unsaturated/α-hetero) is 1. The van der Waals surface area contributed by atoms with Gasteiger partial charge < -0.3 is 4.90 Å². The first-order valence-electron chi connectivity index (χ1n) is 7.11. The maximum absolute atomic E-state index is 12.7. The highest BCUT2D eigenvalue weighted by Gasteiger charge is 2.67. The van der Waals surface area contributed by atoms with E-state index in [0.29, 0.717) is 6.42 Å². The molecule has 0 spiro atoms. The normalized spacial score (nSPS) is 22.9. The van der Waals surface area contributed by atoms with E-state index >= 15 is 0 Å². The van der Waals surface area contributed by atoms with Gasteiger partial charge in [0.15, 0.2) is 5.78 Å². The molecule has 0 N–H and O–H groups in total. The molecule has 0 saturated heterocycles. The second-order valence-corrected chi connectivity index (χ2v) is 7.21. The van der Waals surface area contributed by atoms with Gasteiger partial charge in [-0.1, -0.05) is 27.7 Å². The Morgan fingerprint density at radius 3 is 2.35 bits per heavy atom. The van der Waals surface area contributed by atoms with Gasteiger partial charge in [-0.15, -0.1) is 0 Å². The predicted octanol–water partition coefficient (Wildman–Crippen LogP) is 3.07. The Morgan fingerprint density at radius 1 is 1.20 bits per heavy atom. The van der Waals surface area contributed by atoms with Crippen LogP contribution in [0.3, 0.4) is 0 Å². The van der Waals surface area contributed by atoms with Gasteiger partial charge >= 0.3 is 0 Å². The summed E-state index contributed by atoms with van der Waals surface area (Å²) in [4.78, 5) is 26.1. The van der Waals surface area contributed by atoms with Crippen molar-refractivity contribution in [1.29, 1.82) is 0 Å². The van der Waals surface area contributed by atoms with Crippen molar-refractivity contribution in [1.82, 2.24) is 0 Å². The van der Waals surface area contributed by atoms with E-state index in [-0.39, 0.29) is 28.4 Å². The van der Waals surface area contributed by atoms with Crippen LogP contribution in [0.15, 0.2) is 18.2 Å². The molecule has 1 aromatic carbocycles. The van der Waals surface area contributed by atoms with Crippen LogP contribution in [-0.4, -0.2) is 18.7 Å². The fourth-order valence-electron chi connectivity index (χ4n) is 3.64. The van der Waals surface area contributed by atoms with E-state index in [0.717, 1.165) is 16.8 Å². The highest BCUT2D eigenvalue weighted by atomic mass is 16.2. The van der Waals surface area contributed by atoms with Gasteiger partial charge in [-0.25, -0.2) is 0 Å². The molecule has 1 fully saturated rings. The third-order valence-electron chi connectivity index (χ3n) is 5.72. The first-order chi connectivity index (χ1) is 9.18. The molecule has 1 amide bonds. The number of ketones is 1. The molecule has 1 aliphatic heterocycles. The van der Waals surface area contributed by atoms with E-state index in [1.807, 2.05) is 18.2 Å². The van der Waals surface area contributed by atoms with E-state index in [1.54, 1.807) is 11.9 Å². The van der Waals surface area contributed by atoms with Crippen molar-refractivity contribution in [2.45, 2.75) is 34.1 Å². The number of rotatable bonds is 2. The smallest absolute Gasteiger partial charge is 0.231 e. The number of carbonyl (C=O) groups is 2. The number of hydrogen-bond acceptors (Lipinski definition) is 2. The average molecular weight is 271 g/mol. The summed E-state index contributed by atoms with van der Waals surface area (Å²) in [5, 5.41) is 0. The van der Waals surface area contributed by atoms with Crippen LogP contribution in [-0.2, 0) is 11.2 Å². The van der Waals surface area contributed by atoms with Crippen molar-refractivity contribution in [2.24, 2.45) is 16.7 Å². The zero-order valence-electron chi connectivity index (χ0n) is 12.8. The van der Waals surface area contributed by atoms with Crippen LogP contribution in [0.4, 0.5) is 5.69 Å². The minimum atomic E-state index is 0.0513. The van der Waals surface area contributed by atoms with Gasteiger partial charge in [-0.2, -0.15) is 0 Å². The van der Waals surface area contributed by atoms with E-state index in [9.17, 15) is 9.59 Å². The standard InChI is InChI=1S/C17H21NO2/c1-16(2)15(17(16,3)4)14(20)10-6-7-12-11(8-10)9-13(19)18(12)5/h6-8,15H,9H2,1-5H3. The molecule has 0 atom stereocenters. The monoisotopic (exact) mass is 271 g/mol. The molecule has 0 bridgehead atoms. The van der Waals surface area contributed by atoms with Crippen LogP contribution < -0.4 is 4.90 Å². The van der Waals surface area contributed by atoms with Crippen molar-refractivity contribution < 1.29 is 9.59 Å². The molecule has 0 radical (unpaired) electrons. The summed E-state index contributed by atoms with van der Waals surface area (Å²) in [6.07, 6.45) is 0.407. The summed E-state index contributed by atoms with van der Waals surface area (Å²) >= 11 is 0.